The molecule has 2 aromatic rings. The van der Waals surface area contributed by atoms with Crippen LogP contribution in [-0.2, 0) is 12.8 Å². The third-order valence-electron chi connectivity index (χ3n) is 6.49. The first kappa shape index (κ1) is 21.5. The summed E-state index contributed by atoms with van der Waals surface area (Å²) in [5.41, 5.74) is 4.82. The number of carbonyl (C=O) groups is 2. The molecular formula is C26H33N3O2. The number of Topliss-reactive ketones (excluding diaryl/α,β-unsaturated/α-hetero) is 1. The fraction of sp³-hybridized carbons (Fsp3) is 0.500. The number of carbonyl (C=O) groups excluding carboxylic acids is 2. The van der Waals surface area contributed by atoms with Gasteiger partial charge in [0.15, 0.2) is 5.78 Å². The van der Waals surface area contributed by atoms with Crippen LogP contribution in [0.25, 0.3) is 0 Å². The number of fused-ring (bicyclic) bond motifs is 1. The maximum atomic E-state index is 12.9. The molecule has 1 aromatic carbocycles. The summed E-state index contributed by atoms with van der Waals surface area (Å²) in [5, 5.41) is 0. The predicted molar refractivity (Wildman–Crippen MR) is 124 cm³/mol. The molecule has 2 aliphatic heterocycles. The minimum absolute atomic E-state index is 0.00982. The molecule has 5 nitrogen and oxygen atoms in total. The van der Waals surface area contributed by atoms with E-state index in [1.165, 1.54) is 6.42 Å². The van der Waals surface area contributed by atoms with Gasteiger partial charge in [-0.15, -0.1) is 0 Å². The molecule has 0 spiro atoms. The average Bonchev–Trinajstić information content (AvgIpc) is 2.82. The van der Waals surface area contributed by atoms with Crippen molar-refractivity contribution in [3.8, 4) is 0 Å². The third kappa shape index (κ3) is 4.36. The van der Waals surface area contributed by atoms with Crippen LogP contribution in [-0.4, -0.2) is 41.2 Å². The summed E-state index contributed by atoms with van der Waals surface area (Å²) in [4.78, 5) is 34.4. The molecule has 0 bridgehead atoms. The Balaban J connectivity index is 1.62. The zero-order valence-electron chi connectivity index (χ0n) is 19.0. The molecule has 1 amide bonds. The molecular weight excluding hydrogens is 386 g/mol. The summed E-state index contributed by atoms with van der Waals surface area (Å²) >= 11 is 0. The Kier molecular flexibility index (Phi) is 6.40. The first-order chi connectivity index (χ1) is 15.0. The van der Waals surface area contributed by atoms with Gasteiger partial charge in [-0.2, -0.15) is 0 Å². The number of hydrogen-bond donors (Lipinski definition) is 0. The topological polar surface area (TPSA) is 53.5 Å². The minimum Gasteiger partial charge on any atom is -0.339 e. The number of ketones is 1. The van der Waals surface area contributed by atoms with Crippen molar-refractivity contribution in [1.82, 2.24) is 9.88 Å². The summed E-state index contributed by atoms with van der Waals surface area (Å²) in [6.07, 6.45) is 7.90. The van der Waals surface area contributed by atoms with E-state index in [-0.39, 0.29) is 17.6 Å². The normalized spacial score (nSPS) is 16.4. The minimum atomic E-state index is -0.00982. The van der Waals surface area contributed by atoms with Gasteiger partial charge in [-0.1, -0.05) is 20.8 Å². The van der Waals surface area contributed by atoms with Crippen LogP contribution in [0.4, 0.5) is 11.5 Å². The largest absolute Gasteiger partial charge is 0.339 e. The van der Waals surface area contributed by atoms with E-state index in [2.05, 4.69) is 17.9 Å². The molecule has 3 heterocycles. The lowest BCUT2D eigenvalue weighted by molar-refractivity contribution is 0.0723. The quantitative estimate of drug-likeness (QED) is 0.626. The van der Waals surface area contributed by atoms with Crippen molar-refractivity contribution in [2.24, 2.45) is 5.92 Å². The molecule has 0 saturated carbocycles. The van der Waals surface area contributed by atoms with Crippen molar-refractivity contribution in [3.05, 3.63) is 52.7 Å². The van der Waals surface area contributed by atoms with Crippen LogP contribution in [0.3, 0.4) is 0 Å². The second kappa shape index (κ2) is 9.21. The molecule has 0 atom stereocenters. The lowest BCUT2D eigenvalue weighted by atomic mass is 9.94. The van der Waals surface area contributed by atoms with Crippen LogP contribution >= 0.6 is 0 Å². The molecule has 0 unspecified atom stereocenters. The van der Waals surface area contributed by atoms with Crippen molar-refractivity contribution >= 4 is 23.2 Å². The smallest absolute Gasteiger partial charge is 0.255 e. The number of nitrogens with zero attached hydrogens (tertiary/aromatic N) is 3. The van der Waals surface area contributed by atoms with E-state index < -0.39 is 0 Å². The van der Waals surface area contributed by atoms with Gasteiger partial charge in [-0.3, -0.25) is 9.59 Å². The number of piperidine rings is 1. The molecule has 1 saturated heterocycles. The van der Waals surface area contributed by atoms with E-state index in [0.717, 1.165) is 79.9 Å². The van der Waals surface area contributed by atoms with Gasteiger partial charge in [-0.25, -0.2) is 4.98 Å². The number of benzene rings is 1. The molecule has 0 radical (unpaired) electrons. The molecule has 0 N–H and O–H groups in total. The van der Waals surface area contributed by atoms with Crippen LogP contribution in [0, 0.1) is 5.92 Å². The van der Waals surface area contributed by atoms with E-state index in [9.17, 15) is 9.59 Å². The second-order valence-electron chi connectivity index (χ2n) is 9.03. The number of anilines is 2. The molecule has 2 aliphatic rings. The molecule has 4 rings (SSSR count). The van der Waals surface area contributed by atoms with E-state index in [1.807, 2.05) is 36.9 Å². The van der Waals surface area contributed by atoms with Crippen LogP contribution in [0.2, 0.25) is 0 Å². The Hall–Kier alpha value is -2.69. The molecule has 31 heavy (non-hydrogen) atoms. The van der Waals surface area contributed by atoms with Crippen LogP contribution in [0.15, 0.2) is 30.5 Å². The van der Waals surface area contributed by atoms with Gasteiger partial charge in [0.2, 0.25) is 0 Å². The number of pyridine rings is 1. The number of aryl methyl sites for hydroxylation is 2. The molecule has 0 aliphatic carbocycles. The molecule has 5 heteroatoms. The Bertz CT molecular complexity index is 977. The average molecular weight is 420 g/mol. The number of rotatable bonds is 5. The van der Waals surface area contributed by atoms with Crippen LogP contribution < -0.4 is 4.90 Å². The zero-order chi connectivity index (χ0) is 22.0. The Morgan fingerprint density at radius 2 is 1.81 bits per heavy atom. The lowest BCUT2D eigenvalue weighted by Crippen LogP contribution is -2.36. The number of aromatic nitrogens is 1. The molecule has 1 aromatic heterocycles. The van der Waals surface area contributed by atoms with Crippen molar-refractivity contribution in [1.29, 1.82) is 0 Å². The summed E-state index contributed by atoms with van der Waals surface area (Å²) in [7, 11) is 0. The van der Waals surface area contributed by atoms with E-state index >= 15 is 0 Å². The summed E-state index contributed by atoms with van der Waals surface area (Å²) in [6, 6.07) is 8.19. The molecule has 1 fully saturated rings. The first-order valence-corrected chi connectivity index (χ1v) is 11.7. The van der Waals surface area contributed by atoms with Crippen molar-refractivity contribution < 1.29 is 9.59 Å². The zero-order valence-corrected chi connectivity index (χ0v) is 19.0. The number of amides is 1. The maximum Gasteiger partial charge on any atom is 0.255 e. The van der Waals surface area contributed by atoms with E-state index in [0.29, 0.717) is 5.56 Å². The van der Waals surface area contributed by atoms with Gasteiger partial charge in [0.05, 0.1) is 5.56 Å². The summed E-state index contributed by atoms with van der Waals surface area (Å²) < 4.78 is 0. The monoisotopic (exact) mass is 419 g/mol. The van der Waals surface area contributed by atoms with Crippen molar-refractivity contribution in [2.45, 2.75) is 59.3 Å². The Labute approximate surface area is 185 Å². The standard InChI is InChI=1S/C26H33N3O2/c1-4-19-16-22(10-11-23(19)24(30)18(2)3)29-14-8-9-20-15-21(17-27-25(20)29)26(31)28-12-6-5-7-13-28/h10-11,15-18H,4-9,12-14H2,1-3H3. The van der Waals surface area contributed by atoms with Crippen LogP contribution in [0.1, 0.15) is 78.3 Å². The number of likely N-dealkylation sites (tertiary alicyclic amines) is 1. The van der Waals surface area contributed by atoms with Crippen molar-refractivity contribution in [2.75, 3.05) is 24.5 Å². The van der Waals surface area contributed by atoms with Crippen LogP contribution in [0.5, 0.6) is 0 Å². The highest BCUT2D eigenvalue weighted by Gasteiger charge is 2.25. The third-order valence-corrected chi connectivity index (χ3v) is 6.49. The van der Waals surface area contributed by atoms with Gasteiger partial charge in [0, 0.05) is 43.0 Å². The Morgan fingerprint density at radius 3 is 2.52 bits per heavy atom. The predicted octanol–water partition coefficient (Wildman–Crippen LogP) is 5.19. The summed E-state index contributed by atoms with van der Waals surface area (Å²) in [6.45, 7) is 8.58. The fourth-order valence-electron chi connectivity index (χ4n) is 4.70. The second-order valence-corrected chi connectivity index (χ2v) is 9.03. The van der Waals surface area contributed by atoms with Gasteiger partial charge < -0.3 is 9.80 Å². The highest BCUT2D eigenvalue weighted by atomic mass is 16.2. The molecule has 164 valence electrons. The maximum absolute atomic E-state index is 12.9. The van der Waals surface area contributed by atoms with Gasteiger partial charge >= 0.3 is 0 Å². The number of hydrogen-bond acceptors (Lipinski definition) is 4. The SMILES string of the molecule is CCc1cc(N2CCCc3cc(C(=O)N4CCCCC4)cnc32)ccc1C(=O)C(C)C. The first-order valence-electron chi connectivity index (χ1n) is 11.7. The van der Waals surface area contributed by atoms with Crippen molar-refractivity contribution in [3.63, 3.8) is 0 Å². The fourth-order valence-corrected chi connectivity index (χ4v) is 4.70. The highest BCUT2D eigenvalue weighted by molar-refractivity contribution is 5.99. The highest BCUT2D eigenvalue weighted by Crippen LogP contribution is 2.34. The van der Waals surface area contributed by atoms with E-state index in [4.69, 9.17) is 4.98 Å². The van der Waals surface area contributed by atoms with E-state index in [1.54, 1.807) is 6.20 Å². The van der Waals surface area contributed by atoms with Gasteiger partial charge in [0.1, 0.15) is 5.82 Å². The van der Waals surface area contributed by atoms with Gasteiger partial charge in [0.25, 0.3) is 5.91 Å². The van der Waals surface area contributed by atoms with Gasteiger partial charge in [-0.05, 0) is 73.9 Å². The lowest BCUT2D eigenvalue weighted by Gasteiger charge is -2.31. The Morgan fingerprint density at radius 1 is 1.03 bits per heavy atom. The summed E-state index contributed by atoms with van der Waals surface area (Å²) in [5.74, 6) is 1.23.